The third-order valence-electron chi connectivity index (χ3n) is 3.65. The molecule has 0 bridgehead atoms. The Labute approximate surface area is 107 Å². The first-order valence-corrected chi connectivity index (χ1v) is 6.45. The molecule has 1 saturated carbocycles. The third kappa shape index (κ3) is 2.94. The van der Waals surface area contributed by atoms with Crippen molar-refractivity contribution in [2.24, 2.45) is 5.92 Å². The van der Waals surface area contributed by atoms with E-state index in [0.29, 0.717) is 17.4 Å². The summed E-state index contributed by atoms with van der Waals surface area (Å²) in [4.78, 5) is 11.2. The molecule has 2 rings (SSSR count). The maximum absolute atomic E-state index is 11.2. The van der Waals surface area contributed by atoms with Gasteiger partial charge in [0, 0.05) is 17.4 Å². The van der Waals surface area contributed by atoms with Gasteiger partial charge in [0.15, 0.2) is 0 Å². The van der Waals surface area contributed by atoms with Gasteiger partial charge in [-0.05, 0) is 49.8 Å². The zero-order valence-electron chi connectivity index (χ0n) is 10.6. The van der Waals surface area contributed by atoms with Gasteiger partial charge in [-0.25, -0.2) is 4.79 Å². The highest BCUT2D eigenvalue weighted by atomic mass is 16.4. The summed E-state index contributed by atoms with van der Waals surface area (Å²) < 4.78 is 0. The summed E-state index contributed by atoms with van der Waals surface area (Å²) in [5.74, 6) is -0.151. The van der Waals surface area contributed by atoms with E-state index in [1.54, 1.807) is 12.1 Å². The third-order valence-corrected chi connectivity index (χ3v) is 3.65. The molecule has 18 heavy (non-hydrogen) atoms. The summed E-state index contributed by atoms with van der Waals surface area (Å²) in [6, 6.07) is 5.38. The summed E-state index contributed by atoms with van der Waals surface area (Å²) in [5.41, 5.74) is 7.04. The van der Waals surface area contributed by atoms with Crippen molar-refractivity contribution >= 4 is 17.3 Å². The van der Waals surface area contributed by atoms with Crippen molar-refractivity contribution in [2.75, 3.05) is 11.1 Å². The normalized spacial score (nSPS) is 23.6. The number of hydrogen-bond acceptors (Lipinski definition) is 3. The highest BCUT2D eigenvalue weighted by Gasteiger charge is 2.20. The Morgan fingerprint density at radius 2 is 2.00 bits per heavy atom. The molecule has 4 N–H and O–H groups in total. The van der Waals surface area contributed by atoms with Crippen molar-refractivity contribution in [1.82, 2.24) is 0 Å². The molecule has 1 aliphatic carbocycles. The van der Waals surface area contributed by atoms with Crippen molar-refractivity contribution in [3.05, 3.63) is 23.8 Å². The van der Waals surface area contributed by atoms with Gasteiger partial charge in [0.05, 0.1) is 5.56 Å². The number of carboxylic acid groups (broad SMARTS) is 1. The molecule has 0 aliphatic heterocycles. The Bertz CT molecular complexity index is 437. The highest BCUT2D eigenvalue weighted by Crippen LogP contribution is 2.28. The predicted molar refractivity (Wildman–Crippen MR) is 72.9 cm³/mol. The lowest BCUT2D eigenvalue weighted by Crippen LogP contribution is -2.26. The SMILES string of the molecule is CC1CCC(Nc2ccc(N)cc2C(=O)O)CC1. The van der Waals surface area contributed by atoms with E-state index in [4.69, 9.17) is 10.8 Å². The van der Waals surface area contributed by atoms with Crippen LogP contribution in [-0.2, 0) is 0 Å². The molecule has 0 unspecified atom stereocenters. The van der Waals surface area contributed by atoms with Gasteiger partial charge in [-0.3, -0.25) is 0 Å². The molecule has 0 atom stereocenters. The number of anilines is 2. The van der Waals surface area contributed by atoms with Crippen LogP contribution in [0.15, 0.2) is 18.2 Å². The van der Waals surface area contributed by atoms with E-state index in [1.807, 2.05) is 0 Å². The van der Waals surface area contributed by atoms with Gasteiger partial charge in [0.2, 0.25) is 0 Å². The summed E-state index contributed by atoms with van der Waals surface area (Å²) in [5, 5.41) is 12.5. The fourth-order valence-electron chi connectivity index (χ4n) is 2.49. The van der Waals surface area contributed by atoms with Gasteiger partial charge in [-0.15, -0.1) is 0 Å². The van der Waals surface area contributed by atoms with Crippen molar-refractivity contribution in [3.63, 3.8) is 0 Å². The second-order valence-corrected chi connectivity index (χ2v) is 5.21. The van der Waals surface area contributed by atoms with Crippen LogP contribution in [0.2, 0.25) is 0 Å². The predicted octanol–water partition coefficient (Wildman–Crippen LogP) is 2.96. The lowest BCUT2D eigenvalue weighted by molar-refractivity contribution is 0.0698. The topological polar surface area (TPSA) is 75.3 Å². The van der Waals surface area contributed by atoms with Crippen molar-refractivity contribution in [3.8, 4) is 0 Å². The smallest absolute Gasteiger partial charge is 0.337 e. The average Bonchev–Trinajstić information content (AvgIpc) is 2.34. The monoisotopic (exact) mass is 248 g/mol. The van der Waals surface area contributed by atoms with Crippen LogP contribution in [0.5, 0.6) is 0 Å². The Morgan fingerprint density at radius 3 is 2.61 bits per heavy atom. The molecule has 1 aliphatic rings. The maximum atomic E-state index is 11.2. The molecule has 0 saturated heterocycles. The Kier molecular flexibility index (Phi) is 3.75. The molecule has 4 nitrogen and oxygen atoms in total. The van der Waals surface area contributed by atoms with E-state index in [0.717, 1.165) is 18.8 Å². The molecule has 1 aromatic carbocycles. The molecule has 0 aromatic heterocycles. The number of rotatable bonds is 3. The minimum Gasteiger partial charge on any atom is -0.478 e. The van der Waals surface area contributed by atoms with Gasteiger partial charge in [0.1, 0.15) is 0 Å². The molecule has 98 valence electrons. The highest BCUT2D eigenvalue weighted by molar-refractivity contribution is 5.95. The summed E-state index contributed by atoms with van der Waals surface area (Å²) >= 11 is 0. The summed E-state index contributed by atoms with van der Waals surface area (Å²) in [7, 11) is 0. The maximum Gasteiger partial charge on any atom is 0.337 e. The van der Waals surface area contributed by atoms with Crippen LogP contribution in [-0.4, -0.2) is 17.1 Å². The molecular weight excluding hydrogens is 228 g/mol. The van der Waals surface area contributed by atoms with Crippen LogP contribution in [0.3, 0.4) is 0 Å². The van der Waals surface area contributed by atoms with Gasteiger partial charge in [-0.2, -0.15) is 0 Å². The number of aromatic carboxylic acids is 1. The standard InChI is InChI=1S/C14H20N2O2/c1-9-2-5-11(6-3-9)16-13-7-4-10(15)8-12(13)14(17)18/h4,7-9,11,16H,2-3,5-6,15H2,1H3,(H,17,18). The largest absolute Gasteiger partial charge is 0.478 e. The van der Waals surface area contributed by atoms with E-state index in [9.17, 15) is 4.79 Å². The second-order valence-electron chi connectivity index (χ2n) is 5.21. The van der Waals surface area contributed by atoms with Crippen LogP contribution in [0, 0.1) is 5.92 Å². The number of nitrogens with two attached hydrogens (primary N) is 1. The Morgan fingerprint density at radius 1 is 1.33 bits per heavy atom. The molecular formula is C14H20N2O2. The van der Waals surface area contributed by atoms with Gasteiger partial charge < -0.3 is 16.2 Å². The first-order valence-electron chi connectivity index (χ1n) is 6.45. The van der Waals surface area contributed by atoms with Crippen molar-refractivity contribution in [2.45, 2.75) is 38.6 Å². The zero-order valence-corrected chi connectivity index (χ0v) is 10.6. The first kappa shape index (κ1) is 12.7. The number of benzene rings is 1. The minimum absolute atomic E-state index is 0.258. The number of hydrogen-bond donors (Lipinski definition) is 3. The average molecular weight is 248 g/mol. The van der Waals surface area contributed by atoms with Crippen LogP contribution in [0.25, 0.3) is 0 Å². The fraction of sp³-hybridized carbons (Fsp3) is 0.500. The van der Waals surface area contributed by atoms with E-state index in [1.165, 1.54) is 18.9 Å². The number of carboxylic acids is 1. The van der Waals surface area contributed by atoms with Crippen LogP contribution >= 0.6 is 0 Å². The second kappa shape index (κ2) is 5.29. The molecule has 0 radical (unpaired) electrons. The van der Waals surface area contributed by atoms with Crippen molar-refractivity contribution < 1.29 is 9.90 Å². The van der Waals surface area contributed by atoms with E-state index in [-0.39, 0.29) is 5.56 Å². The van der Waals surface area contributed by atoms with Crippen LogP contribution < -0.4 is 11.1 Å². The van der Waals surface area contributed by atoms with Crippen LogP contribution in [0.1, 0.15) is 43.0 Å². The Balaban J connectivity index is 2.11. The first-order chi connectivity index (χ1) is 8.56. The molecule has 0 heterocycles. The quantitative estimate of drug-likeness (QED) is 0.719. The molecule has 1 aromatic rings. The number of carbonyl (C=O) groups is 1. The molecule has 0 spiro atoms. The zero-order chi connectivity index (χ0) is 13.1. The lowest BCUT2D eigenvalue weighted by Gasteiger charge is -2.28. The number of nitrogen functional groups attached to an aromatic ring is 1. The molecule has 1 fully saturated rings. The van der Waals surface area contributed by atoms with Gasteiger partial charge in [-0.1, -0.05) is 6.92 Å². The van der Waals surface area contributed by atoms with Gasteiger partial charge >= 0.3 is 5.97 Å². The van der Waals surface area contributed by atoms with Crippen molar-refractivity contribution in [1.29, 1.82) is 0 Å². The minimum atomic E-state index is -0.936. The summed E-state index contributed by atoms with van der Waals surface area (Å²) in [6.45, 7) is 2.27. The summed E-state index contributed by atoms with van der Waals surface area (Å²) in [6.07, 6.45) is 4.61. The van der Waals surface area contributed by atoms with Gasteiger partial charge in [0.25, 0.3) is 0 Å². The molecule has 4 heteroatoms. The van der Waals surface area contributed by atoms with Crippen LogP contribution in [0.4, 0.5) is 11.4 Å². The lowest BCUT2D eigenvalue weighted by atomic mass is 9.87. The molecule has 0 amide bonds. The van der Waals surface area contributed by atoms with E-state index in [2.05, 4.69) is 12.2 Å². The number of nitrogens with one attached hydrogen (secondary N) is 1. The van der Waals surface area contributed by atoms with E-state index >= 15 is 0 Å². The Hall–Kier alpha value is -1.71. The van der Waals surface area contributed by atoms with E-state index < -0.39 is 5.97 Å². The fourth-order valence-corrected chi connectivity index (χ4v) is 2.49.